The van der Waals surface area contributed by atoms with Crippen LogP contribution in [0, 0.1) is 0 Å². The van der Waals surface area contributed by atoms with E-state index in [1.807, 2.05) is 25.1 Å². The molecule has 0 aliphatic carbocycles. The van der Waals surface area contributed by atoms with Gasteiger partial charge in [-0.3, -0.25) is 0 Å². The SMILES string of the molecule is CCOc1c(OC)cccc1-c1noc(CCl)n1. The van der Waals surface area contributed by atoms with E-state index < -0.39 is 0 Å². The molecule has 6 heteroatoms. The van der Waals surface area contributed by atoms with Crippen molar-refractivity contribution in [3.05, 3.63) is 24.1 Å². The van der Waals surface area contributed by atoms with E-state index in [0.29, 0.717) is 29.8 Å². The standard InChI is InChI=1S/C12H13ClN2O3/c1-3-17-11-8(5-4-6-9(11)16-2)12-14-10(7-13)18-15-12/h4-6H,3,7H2,1-2H3. The van der Waals surface area contributed by atoms with Crippen molar-refractivity contribution in [1.82, 2.24) is 10.1 Å². The van der Waals surface area contributed by atoms with Crippen LogP contribution in [-0.4, -0.2) is 23.9 Å². The maximum atomic E-state index is 5.64. The summed E-state index contributed by atoms with van der Waals surface area (Å²) in [6.45, 7) is 2.42. The van der Waals surface area contributed by atoms with E-state index in [1.54, 1.807) is 7.11 Å². The molecule has 0 aliphatic rings. The monoisotopic (exact) mass is 268 g/mol. The minimum absolute atomic E-state index is 0.181. The first-order valence-corrected chi connectivity index (χ1v) is 6.02. The van der Waals surface area contributed by atoms with Crippen LogP contribution in [0.2, 0.25) is 0 Å². The summed E-state index contributed by atoms with van der Waals surface area (Å²) >= 11 is 5.64. The quantitative estimate of drug-likeness (QED) is 0.781. The van der Waals surface area contributed by atoms with Gasteiger partial charge < -0.3 is 14.0 Å². The molecule has 0 saturated heterocycles. The fourth-order valence-corrected chi connectivity index (χ4v) is 1.67. The van der Waals surface area contributed by atoms with Crippen LogP contribution in [-0.2, 0) is 5.88 Å². The lowest BCUT2D eigenvalue weighted by atomic mass is 10.1. The molecule has 0 unspecified atom stereocenters. The van der Waals surface area contributed by atoms with Gasteiger partial charge in [0.15, 0.2) is 11.5 Å². The van der Waals surface area contributed by atoms with E-state index in [1.165, 1.54) is 0 Å². The van der Waals surface area contributed by atoms with Crippen LogP contribution >= 0.6 is 11.6 Å². The molecule has 0 spiro atoms. The predicted molar refractivity (Wildman–Crippen MR) is 67.0 cm³/mol. The third-order valence-electron chi connectivity index (χ3n) is 2.31. The molecule has 1 heterocycles. The van der Waals surface area contributed by atoms with Crippen LogP contribution in [0.15, 0.2) is 22.7 Å². The maximum Gasteiger partial charge on any atom is 0.241 e. The molecule has 1 aromatic carbocycles. The Balaban J connectivity index is 2.48. The topological polar surface area (TPSA) is 57.4 Å². The number of benzene rings is 1. The lowest BCUT2D eigenvalue weighted by Crippen LogP contribution is -1.98. The first-order valence-electron chi connectivity index (χ1n) is 5.48. The number of alkyl halides is 1. The van der Waals surface area contributed by atoms with Crippen molar-refractivity contribution in [3.8, 4) is 22.9 Å². The van der Waals surface area contributed by atoms with Crippen LogP contribution in [0.1, 0.15) is 12.8 Å². The molecule has 0 fully saturated rings. The fourth-order valence-electron chi connectivity index (χ4n) is 1.56. The van der Waals surface area contributed by atoms with E-state index in [-0.39, 0.29) is 5.88 Å². The van der Waals surface area contributed by atoms with Crippen molar-refractivity contribution in [2.75, 3.05) is 13.7 Å². The molecule has 96 valence electrons. The van der Waals surface area contributed by atoms with E-state index in [4.69, 9.17) is 25.6 Å². The highest BCUT2D eigenvalue weighted by atomic mass is 35.5. The van der Waals surface area contributed by atoms with Gasteiger partial charge in [0, 0.05) is 0 Å². The third kappa shape index (κ3) is 2.41. The number of hydrogen-bond acceptors (Lipinski definition) is 5. The molecule has 1 aromatic heterocycles. The third-order valence-corrected chi connectivity index (χ3v) is 2.54. The van der Waals surface area contributed by atoms with Crippen LogP contribution in [0.3, 0.4) is 0 Å². The van der Waals surface area contributed by atoms with Gasteiger partial charge in [0.25, 0.3) is 0 Å². The Bertz CT molecular complexity index is 528. The van der Waals surface area contributed by atoms with Crippen LogP contribution in [0.25, 0.3) is 11.4 Å². The molecular formula is C12H13ClN2O3. The van der Waals surface area contributed by atoms with Gasteiger partial charge in [0.2, 0.25) is 11.7 Å². The van der Waals surface area contributed by atoms with Gasteiger partial charge in [-0.1, -0.05) is 11.2 Å². The van der Waals surface area contributed by atoms with Gasteiger partial charge in [0.05, 0.1) is 19.3 Å². The van der Waals surface area contributed by atoms with Crippen LogP contribution in [0.5, 0.6) is 11.5 Å². The zero-order chi connectivity index (χ0) is 13.0. The van der Waals surface area contributed by atoms with Gasteiger partial charge in [-0.15, -0.1) is 11.6 Å². The number of ether oxygens (including phenoxy) is 2. The van der Waals surface area contributed by atoms with Crippen molar-refractivity contribution in [2.24, 2.45) is 0 Å². The van der Waals surface area contributed by atoms with Crippen molar-refractivity contribution in [3.63, 3.8) is 0 Å². The minimum atomic E-state index is 0.181. The fraction of sp³-hybridized carbons (Fsp3) is 0.333. The van der Waals surface area contributed by atoms with Crippen LogP contribution < -0.4 is 9.47 Å². The van der Waals surface area contributed by atoms with Crippen LogP contribution in [0.4, 0.5) is 0 Å². The molecule has 0 atom stereocenters. The van der Waals surface area contributed by atoms with Crippen molar-refractivity contribution < 1.29 is 14.0 Å². The molecule has 0 aliphatic heterocycles. The summed E-state index contributed by atoms with van der Waals surface area (Å²) in [5.41, 5.74) is 0.719. The van der Waals surface area contributed by atoms with E-state index >= 15 is 0 Å². The highest BCUT2D eigenvalue weighted by molar-refractivity contribution is 6.16. The van der Waals surface area contributed by atoms with Gasteiger partial charge >= 0.3 is 0 Å². The number of nitrogens with zero attached hydrogens (tertiary/aromatic N) is 2. The predicted octanol–water partition coefficient (Wildman–Crippen LogP) is 2.88. The zero-order valence-corrected chi connectivity index (χ0v) is 10.9. The Kier molecular flexibility index (Phi) is 4.04. The summed E-state index contributed by atoms with van der Waals surface area (Å²) in [5.74, 6) is 2.22. The molecule has 5 nitrogen and oxygen atoms in total. The Morgan fingerprint density at radius 3 is 2.83 bits per heavy atom. The minimum Gasteiger partial charge on any atom is -0.493 e. The molecule has 0 saturated carbocycles. The molecule has 0 radical (unpaired) electrons. The van der Waals surface area contributed by atoms with Gasteiger partial charge in [-0.25, -0.2) is 0 Å². The smallest absolute Gasteiger partial charge is 0.241 e. The Morgan fingerprint density at radius 1 is 1.39 bits per heavy atom. The van der Waals surface area contributed by atoms with E-state index in [2.05, 4.69) is 10.1 Å². The number of rotatable bonds is 5. The Hall–Kier alpha value is -1.75. The number of aromatic nitrogens is 2. The zero-order valence-electron chi connectivity index (χ0n) is 10.1. The number of methoxy groups -OCH3 is 1. The van der Waals surface area contributed by atoms with Gasteiger partial charge in [-0.05, 0) is 19.1 Å². The second-order valence-electron chi connectivity index (χ2n) is 3.42. The average molecular weight is 269 g/mol. The summed E-state index contributed by atoms with van der Waals surface area (Å²) in [6, 6.07) is 5.50. The summed E-state index contributed by atoms with van der Waals surface area (Å²) < 4.78 is 15.8. The lowest BCUT2D eigenvalue weighted by molar-refractivity contribution is 0.312. The number of hydrogen-bond donors (Lipinski definition) is 0. The van der Waals surface area contributed by atoms with Gasteiger partial charge in [-0.2, -0.15) is 4.98 Å². The highest BCUT2D eigenvalue weighted by Crippen LogP contribution is 2.36. The lowest BCUT2D eigenvalue weighted by Gasteiger charge is -2.11. The summed E-state index contributed by atoms with van der Waals surface area (Å²) in [4.78, 5) is 4.17. The second kappa shape index (κ2) is 5.73. The summed E-state index contributed by atoms with van der Waals surface area (Å²) in [7, 11) is 1.59. The first-order chi connectivity index (χ1) is 8.80. The highest BCUT2D eigenvalue weighted by Gasteiger charge is 2.16. The Labute approximate surface area is 110 Å². The molecule has 2 aromatic rings. The summed E-state index contributed by atoms with van der Waals surface area (Å²) in [5, 5.41) is 3.87. The molecule has 18 heavy (non-hydrogen) atoms. The normalized spacial score (nSPS) is 10.4. The van der Waals surface area contributed by atoms with E-state index in [9.17, 15) is 0 Å². The van der Waals surface area contributed by atoms with Gasteiger partial charge in [0.1, 0.15) is 5.88 Å². The molecule has 0 bridgehead atoms. The van der Waals surface area contributed by atoms with E-state index in [0.717, 1.165) is 5.56 Å². The number of para-hydroxylation sites is 1. The molecule has 0 N–H and O–H groups in total. The molecule has 0 amide bonds. The summed E-state index contributed by atoms with van der Waals surface area (Å²) in [6.07, 6.45) is 0. The Morgan fingerprint density at radius 2 is 2.22 bits per heavy atom. The largest absolute Gasteiger partial charge is 0.493 e. The first kappa shape index (κ1) is 12.7. The number of halogens is 1. The second-order valence-corrected chi connectivity index (χ2v) is 3.68. The van der Waals surface area contributed by atoms with Crippen molar-refractivity contribution >= 4 is 11.6 Å². The molecule has 2 rings (SSSR count). The van der Waals surface area contributed by atoms with Crippen molar-refractivity contribution in [2.45, 2.75) is 12.8 Å². The average Bonchev–Trinajstić information content (AvgIpc) is 2.88. The van der Waals surface area contributed by atoms with Crippen molar-refractivity contribution in [1.29, 1.82) is 0 Å². The molecular weight excluding hydrogens is 256 g/mol. The maximum absolute atomic E-state index is 5.64.